The van der Waals surface area contributed by atoms with Crippen molar-refractivity contribution in [1.82, 2.24) is 0 Å². The Balaban J connectivity index is 1.02. The normalized spacial score (nSPS) is 55.7. The summed E-state index contributed by atoms with van der Waals surface area (Å²) in [4.78, 5) is 13.2. The summed E-state index contributed by atoms with van der Waals surface area (Å²) in [5.41, 5.74) is -1.76. The molecule has 8 aliphatic rings. The topological polar surface area (TPSA) is 275 Å². The molecular weight excluding hydrogens is 824 g/mol. The number of carboxylic acid groups (broad SMARTS) is 1. The Hall–Kier alpha value is -1.39. The van der Waals surface area contributed by atoms with E-state index in [1.807, 2.05) is 6.92 Å². The zero-order chi connectivity index (χ0) is 46.0. The molecule has 17 nitrogen and oxygen atoms in total. The highest BCUT2D eigenvalue weighted by atomic mass is 16.8. The van der Waals surface area contributed by atoms with Crippen molar-refractivity contribution in [1.29, 1.82) is 0 Å². The van der Waals surface area contributed by atoms with E-state index in [4.69, 9.17) is 28.4 Å². The second-order valence-corrected chi connectivity index (χ2v) is 22.5. The molecule has 360 valence electrons. The van der Waals surface area contributed by atoms with Crippen molar-refractivity contribution in [3.05, 3.63) is 11.6 Å². The van der Waals surface area contributed by atoms with Crippen LogP contribution >= 0.6 is 0 Å². The van der Waals surface area contributed by atoms with E-state index in [2.05, 4.69) is 40.7 Å². The number of carbonyl (C=O) groups is 1. The Kier molecular flexibility index (Phi) is 12.7. The van der Waals surface area contributed by atoms with Crippen molar-refractivity contribution >= 4 is 5.97 Å². The summed E-state index contributed by atoms with van der Waals surface area (Å²) in [6.07, 6.45) is -12.5. The predicted octanol–water partition coefficient (Wildman–Crippen LogP) is 0.955. The van der Waals surface area contributed by atoms with Crippen molar-refractivity contribution in [3.8, 4) is 0 Å². The van der Waals surface area contributed by atoms with Gasteiger partial charge in [0.05, 0.1) is 38.1 Å². The molecule has 0 spiro atoms. The lowest BCUT2D eigenvalue weighted by atomic mass is 9.33. The Morgan fingerprint density at radius 2 is 1.37 bits per heavy atom. The Morgan fingerprint density at radius 1 is 0.714 bits per heavy atom. The number of aliphatic carboxylic acids is 1. The second kappa shape index (κ2) is 16.7. The molecule has 23 atom stereocenters. The molecule has 63 heavy (non-hydrogen) atoms. The first-order valence-electron chi connectivity index (χ1n) is 23.2. The highest BCUT2D eigenvalue weighted by Gasteiger charge is 2.71. The molecular formula is C46H74O17. The summed E-state index contributed by atoms with van der Waals surface area (Å²) in [5.74, 6) is -0.982. The third-order valence-corrected chi connectivity index (χ3v) is 18.7. The van der Waals surface area contributed by atoms with E-state index in [1.54, 1.807) is 0 Å². The monoisotopic (exact) mass is 898 g/mol. The number of ether oxygens (including phenoxy) is 6. The summed E-state index contributed by atoms with van der Waals surface area (Å²) in [6, 6.07) is 0. The molecule has 3 heterocycles. The van der Waals surface area contributed by atoms with E-state index >= 15 is 0 Å². The van der Waals surface area contributed by atoms with Crippen molar-refractivity contribution in [3.63, 3.8) is 0 Å². The number of hydrogen-bond acceptors (Lipinski definition) is 16. The van der Waals surface area contributed by atoms with Crippen molar-refractivity contribution in [2.24, 2.45) is 50.2 Å². The zero-order valence-corrected chi connectivity index (χ0v) is 37.8. The van der Waals surface area contributed by atoms with Gasteiger partial charge in [0.15, 0.2) is 18.9 Å². The van der Waals surface area contributed by atoms with Gasteiger partial charge in [0.2, 0.25) is 0 Å². The first-order valence-corrected chi connectivity index (χ1v) is 23.2. The maximum absolute atomic E-state index is 13.2. The van der Waals surface area contributed by atoms with Gasteiger partial charge in [0.1, 0.15) is 60.4 Å². The third-order valence-electron chi connectivity index (χ3n) is 18.7. The molecule has 0 amide bonds. The van der Waals surface area contributed by atoms with Gasteiger partial charge in [-0.05, 0) is 104 Å². The maximum Gasteiger partial charge on any atom is 0.312 e. The lowest BCUT2D eigenvalue weighted by Crippen LogP contribution is -2.68. The summed E-state index contributed by atoms with van der Waals surface area (Å²) >= 11 is 0. The standard InChI is InChI=1S/C46H74O17/c1-21-30(51)35(62-37-33(54)31(52)24(48)18-58-37)34(55)38(60-21)63-36-32(53)25(49)19-59-39(36)61-29-11-12-42(4)26(43(29,5)20-47)10-13-45(7)27(42)9-8-22-23-16-41(2,3)17-28(50)46(23,40(56)57)15-14-44(22,45)6/h8,21,23-39,47-55H,9-20H2,1-7H3,(H,56,57). The number of allylic oxidation sites excluding steroid dienone is 2. The van der Waals surface area contributed by atoms with E-state index in [-0.39, 0.29) is 59.2 Å². The van der Waals surface area contributed by atoms with Gasteiger partial charge in [-0.15, -0.1) is 0 Å². The minimum atomic E-state index is -1.75. The Bertz CT molecular complexity index is 1730. The smallest absolute Gasteiger partial charge is 0.312 e. The number of carboxylic acids is 1. The molecule has 10 N–H and O–H groups in total. The minimum absolute atomic E-state index is 0.0123. The number of aliphatic hydroxyl groups is 9. The van der Waals surface area contributed by atoms with Crippen LogP contribution < -0.4 is 0 Å². The highest BCUT2D eigenvalue weighted by molar-refractivity contribution is 5.77. The molecule has 7 fully saturated rings. The molecule has 23 unspecified atom stereocenters. The molecule has 0 bridgehead atoms. The van der Waals surface area contributed by atoms with Gasteiger partial charge in [-0.3, -0.25) is 4.79 Å². The molecule has 3 saturated heterocycles. The lowest BCUT2D eigenvalue weighted by molar-refractivity contribution is -0.379. The van der Waals surface area contributed by atoms with Gasteiger partial charge in [-0.25, -0.2) is 0 Å². The fraction of sp³-hybridized carbons (Fsp3) is 0.935. The van der Waals surface area contributed by atoms with E-state index < -0.39 is 109 Å². The number of hydrogen-bond donors (Lipinski definition) is 10. The van der Waals surface area contributed by atoms with Gasteiger partial charge < -0.3 is 79.5 Å². The number of fused-ring (bicyclic) bond motifs is 7. The van der Waals surface area contributed by atoms with Crippen molar-refractivity contribution in [2.45, 2.75) is 198 Å². The van der Waals surface area contributed by atoms with Crippen LogP contribution in [0.25, 0.3) is 0 Å². The van der Waals surface area contributed by atoms with Crippen LogP contribution in [0, 0.1) is 50.2 Å². The van der Waals surface area contributed by atoms with Gasteiger partial charge in [-0.1, -0.05) is 53.2 Å². The van der Waals surface area contributed by atoms with E-state index in [0.717, 1.165) is 25.7 Å². The Labute approximate surface area is 369 Å². The van der Waals surface area contributed by atoms with E-state index in [1.165, 1.54) is 12.5 Å². The fourth-order valence-corrected chi connectivity index (χ4v) is 14.7. The molecule has 8 rings (SSSR count). The third kappa shape index (κ3) is 7.32. The second-order valence-electron chi connectivity index (χ2n) is 22.5. The summed E-state index contributed by atoms with van der Waals surface area (Å²) in [6.45, 7) is 14.0. The maximum atomic E-state index is 13.2. The first-order chi connectivity index (χ1) is 29.4. The predicted molar refractivity (Wildman–Crippen MR) is 220 cm³/mol. The number of rotatable bonds is 8. The SMILES string of the molecule is CC1OC(OC2C(OC3CCC4(C)C(CCC5(C)C4CC=C4C6CC(C)(C)CC(O)C6(C(=O)O)CCC45C)C3(C)CO)OCC(O)C2O)C(O)C(OC2OCC(O)C(O)C2O)C1O. The molecule has 0 radical (unpaired) electrons. The van der Waals surface area contributed by atoms with Crippen molar-refractivity contribution in [2.75, 3.05) is 19.8 Å². The molecule has 5 aliphatic carbocycles. The van der Waals surface area contributed by atoms with Crippen LogP contribution in [0.1, 0.15) is 106 Å². The highest BCUT2D eigenvalue weighted by Crippen LogP contribution is 2.76. The van der Waals surface area contributed by atoms with Crippen LogP contribution in [0.3, 0.4) is 0 Å². The van der Waals surface area contributed by atoms with Crippen molar-refractivity contribution < 1.29 is 84.3 Å². The van der Waals surface area contributed by atoms with Crippen LogP contribution in [0.2, 0.25) is 0 Å². The molecule has 0 aromatic rings. The van der Waals surface area contributed by atoms with E-state index in [9.17, 15) is 55.9 Å². The minimum Gasteiger partial charge on any atom is -0.481 e. The molecule has 0 aromatic carbocycles. The summed E-state index contributed by atoms with van der Waals surface area (Å²) in [5, 5.41) is 109. The largest absolute Gasteiger partial charge is 0.481 e. The molecule has 0 aromatic heterocycles. The quantitative estimate of drug-likeness (QED) is 0.120. The fourth-order valence-electron chi connectivity index (χ4n) is 14.7. The van der Waals surface area contributed by atoms with Crippen LogP contribution in [0.15, 0.2) is 11.6 Å². The van der Waals surface area contributed by atoms with E-state index in [0.29, 0.717) is 32.1 Å². The molecule has 17 heteroatoms. The van der Waals surface area contributed by atoms with Gasteiger partial charge >= 0.3 is 5.97 Å². The average Bonchev–Trinajstić information content (AvgIpc) is 3.21. The number of aliphatic hydroxyl groups excluding tert-OH is 9. The van der Waals surface area contributed by atoms with Crippen LogP contribution in [-0.2, 0) is 33.2 Å². The van der Waals surface area contributed by atoms with Gasteiger partial charge in [0.25, 0.3) is 0 Å². The summed E-state index contributed by atoms with van der Waals surface area (Å²) in [7, 11) is 0. The van der Waals surface area contributed by atoms with Crippen LogP contribution in [-0.4, -0.2) is 169 Å². The molecule has 3 aliphatic heterocycles. The van der Waals surface area contributed by atoms with Gasteiger partial charge in [-0.2, -0.15) is 0 Å². The average molecular weight is 899 g/mol. The molecule has 4 saturated carbocycles. The van der Waals surface area contributed by atoms with Crippen LogP contribution in [0.4, 0.5) is 0 Å². The van der Waals surface area contributed by atoms with Gasteiger partial charge in [0, 0.05) is 5.41 Å². The lowest BCUT2D eigenvalue weighted by Gasteiger charge is -2.71. The zero-order valence-electron chi connectivity index (χ0n) is 37.8. The Morgan fingerprint density at radius 3 is 2.03 bits per heavy atom. The summed E-state index contributed by atoms with van der Waals surface area (Å²) < 4.78 is 36.0. The first kappa shape index (κ1) is 48.1. The van der Waals surface area contributed by atoms with Crippen LogP contribution in [0.5, 0.6) is 0 Å².